The zero-order valence-corrected chi connectivity index (χ0v) is 15.7. The third-order valence-electron chi connectivity index (χ3n) is 6.14. The number of carbonyl (C=O) groups is 2. The lowest BCUT2D eigenvalue weighted by atomic mass is 9.49. The number of nitrogens with one attached hydrogen (secondary N) is 1. The van der Waals surface area contributed by atoms with Crippen LogP contribution in [0.2, 0.25) is 0 Å². The number of halogens is 1. The number of hydrogen-bond acceptors (Lipinski definition) is 4. The molecule has 4 fully saturated rings. The van der Waals surface area contributed by atoms with Crippen molar-refractivity contribution in [2.75, 3.05) is 19.0 Å². The third kappa shape index (κ3) is 3.18. The average molecular weight is 378 g/mol. The van der Waals surface area contributed by atoms with Gasteiger partial charge in [-0.25, -0.2) is 0 Å². The van der Waals surface area contributed by atoms with E-state index >= 15 is 0 Å². The van der Waals surface area contributed by atoms with E-state index in [9.17, 15) is 9.59 Å². The zero-order chi connectivity index (χ0) is 18.4. The number of carbonyl (C=O) groups excluding carboxylic acids is 2. The lowest BCUT2D eigenvalue weighted by molar-refractivity contribution is -0.171. The van der Waals surface area contributed by atoms with Gasteiger partial charge in [0.1, 0.15) is 5.75 Å². The molecule has 2 unspecified atom stereocenters. The lowest BCUT2D eigenvalue weighted by Crippen LogP contribution is -2.56. The highest BCUT2D eigenvalue weighted by Gasteiger charge is 2.60. The minimum Gasteiger partial charge on any atom is -0.495 e. The van der Waals surface area contributed by atoms with Gasteiger partial charge < -0.3 is 14.8 Å². The standard InChI is InChI=1S/C20H24ClNO4/c1-25-16-5-3-2-4-15(16)22-17(23)11-26-18(24)19-7-13-6-14(8-19)10-20(21,9-13)12-19/h2-5,13-14H,6-12H2,1H3,(H,22,23)/t13-,14+,19?,20?. The topological polar surface area (TPSA) is 64.6 Å². The molecule has 0 spiro atoms. The molecule has 140 valence electrons. The summed E-state index contributed by atoms with van der Waals surface area (Å²) in [7, 11) is 1.54. The van der Waals surface area contributed by atoms with Crippen LogP contribution in [0.1, 0.15) is 38.5 Å². The van der Waals surface area contributed by atoms with E-state index in [1.54, 1.807) is 25.3 Å². The molecule has 1 aromatic rings. The summed E-state index contributed by atoms with van der Waals surface area (Å²) in [5, 5.41) is 2.73. The van der Waals surface area contributed by atoms with Gasteiger partial charge in [0.2, 0.25) is 0 Å². The molecule has 0 saturated heterocycles. The summed E-state index contributed by atoms with van der Waals surface area (Å²) in [5.41, 5.74) is 0.0712. The van der Waals surface area contributed by atoms with Crippen molar-refractivity contribution < 1.29 is 19.1 Å². The molecule has 4 atom stereocenters. The Morgan fingerprint density at radius 1 is 1.19 bits per heavy atom. The molecular weight excluding hydrogens is 354 g/mol. The maximum Gasteiger partial charge on any atom is 0.312 e. The second kappa shape index (κ2) is 6.45. The SMILES string of the molecule is COc1ccccc1NC(=O)COC(=O)C12C[C@@H]3C[C@@H](CC(Cl)(C3)C1)C2. The Morgan fingerprint density at radius 3 is 2.54 bits per heavy atom. The van der Waals surface area contributed by atoms with Gasteiger partial charge in [0.15, 0.2) is 6.61 Å². The van der Waals surface area contributed by atoms with Crippen LogP contribution in [-0.4, -0.2) is 30.5 Å². The molecule has 0 aromatic heterocycles. The molecule has 0 aliphatic heterocycles. The average Bonchev–Trinajstić information content (AvgIpc) is 2.58. The first-order valence-corrected chi connectivity index (χ1v) is 9.58. The maximum atomic E-state index is 12.8. The predicted octanol–water partition coefficient (Wildman–Crippen LogP) is 3.75. The van der Waals surface area contributed by atoms with Crippen molar-refractivity contribution in [2.45, 2.75) is 43.4 Å². The number of hydrogen-bond donors (Lipinski definition) is 1. The number of esters is 1. The van der Waals surface area contributed by atoms with Gasteiger partial charge >= 0.3 is 5.97 Å². The zero-order valence-electron chi connectivity index (χ0n) is 14.9. The van der Waals surface area contributed by atoms with E-state index < -0.39 is 5.41 Å². The molecule has 1 amide bonds. The van der Waals surface area contributed by atoms with Crippen LogP contribution >= 0.6 is 11.6 Å². The Bertz CT molecular complexity index is 720. The molecule has 0 heterocycles. The van der Waals surface area contributed by atoms with Gasteiger partial charge in [-0.1, -0.05) is 12.1 Å². The number of rotatable bonds is 5. The van der Waals surface area contributed by atoms with E-state index in [-0.39, 0.29) is 23.4 Å². The molecular formula is C20H24ClNO4. The number of amides is 1. The van der Waals surface area contributed by atoms with Crippen LogP contribution < -0.4 is 10.1 Å². The second-order valence-electron chi connectivity index (χ2n) is 8.22. The first kappa shape index (κ1) is 17.7. The van der Waals surface area contributed by atoms with Crippen LogP contribution in [0.5, 0.6) is 5.75 Å². The molecule has 4 aliphatic rings. The first-order valence-electron chi connectivity index (χ1n) is 9.20. The van der Waals surface area contributed by atoms with E-state index in [0.717, 1.165) is 25.7 Å². The Kier molecular flexibility index (Phi) is 4.38. The van der Waals surface area contributed by atoms with E-state index in [2.05, 4.69) is 5.32 Å². The van der Waals surface area contributed by atoms with Gasteiger partial charge in [0.05, 0.1) is 18.2 Å². The second-order valence-corrected chi connectivity index (χ2v) is 9.02. The fraction of sp³-hybridized carbons (Fsp3) is 0.600. The highest BCUT2D eigenvalue weighted by atomic mass is 35.5. The van der Waals surface area contributed by atoms with Crippen molar-refractivity contribution in [3.8, 4) is 5.75 Å². The van der Waals surface area contributed by atoms with Crippen LogP contribution in [-0.2, 0) is 14.3 Å². The van der Waals surface area contributed by atoms with E-state index in [4.69, 9.17) is 21.1 Å². The molecule has 6 heteroatoms. The highest BCUT2D eigenvalue weighted by molar-refractivity contribution is 6.24. The molecule has 26 heavy (non-hydrogen) atoms. The smallest absolute Gasteiger partial charge is 0.312 e. The number of alkyl halides is 1. The van der Waals surface area contributed by atoms with Gasteiger partial charge in [0, 0.05) is 4.87 Å². The van der Waals surface area contributed by atoms with Crippen molar-refractivity contribution in [2.24, 2.45) is 17.3 Å². The molecule has 5 nitrogen and oxygen atoms in total. The summed E-state index contributed by atoms with van der Waals surface area (Å²) >= 11 is 6.77. The summed E-state index contributed by atoms with van der Waals surface area (Å²) < 4.78 is 10.6. The molecule has 4 saturated carbocycles. The Hall–Kier alpha value is -1.75. The van der Waals surface area contributed by atoms with Crippen LogP contribution in [0.3, 0.4) is 0 Å². The van der Waals surface area contributed by atoms with Crippen LogP contribution in [0.25, 0.3) is 0 Å². The first-order chi connectivity index (χ1) is 12.4. The quantitative estimate of drug-likeness (QED) is 0.627. The van der Waals surface area contributed by atoms with Crippen molar-refractivity contribution in [3.05, 3.63) is 24.3 Å². The van der Waals surface area contributed by atoms with Gasteiger partial charge in [-0.15, -0.1) is 11.6 Å². The van der Waals surface area contributed by atoms with Crippen molar-refractivity contribution in [3.63, 3.8) is 0 Å². The molecule has 5 rings (SSSR count). The Labute approximate surface area is 158 Å². The monoisotopic (exact) mass is 377 g/mol. The van der Waals surface area contributed by atoms with E-state index in [1.807, 2.05) is 6.07 Å². The van der Waals surface area contributed by atoms with Crippen molar-refractivity contribution >= 4 is 29.2 Å². The normalized spacial score (nSPS) is 34.4. The third-order valence-corrected chi connectivity index (χ3v) is 6.58. The summed E-state index contributed by atoms with van der Waals surface area (Å²) in [4.78, 5) is 24.8. The molecule has 1 N–H and O–H groups in total. The number of ether oxygens (including phenoxy) is 2. The molecule has 4 bridgehead atoms. The lowest BCUT2D eigenvalue weighted by Gasteiger charge is -2.58. The van der Waals surface area contributed by atoms with Crippen LogP contribution in [0.15, 0.2) is 24.3 Å². The number of benzene rings is 1. The fourth-order valence-electron chi connectivity index (χ4n) is 5.61. The summed E-state index contributed by atoms with van der Waals surface area (Å²) in [6.07, 6.45) is 5.58. The molecule has 1 aromatic carbocycles. The highest BCUT2D eigenvalue weighted by Crippen LogP contribution is 2.64. The van der Waals surface area contributed by atoms with Crippen LogP contribution in [0.4, 0.5) is 5.69 Å². The van der Waals surface area contributed by atoms with E-state index in [0.29, 0.717) is 29.7 Å². The van der Waals surface area contributed by atoms with Gasteiger partial charge in [-0.2, -0.15) is 0 Å². The maximum absolute atomic E-state index is 12.8. The van der Waals surface area contributed by atoms with Crippen molar-refractivity contribution in [1.82, 2.24) is 0 Å². The predicted molar refractivity (Wildman–Crippen MR) is 98.3 cm³/mol. The summed E-state index contributed by atoms with van der Waals surface area (Å²) in [6.45, 7) is -0.288. The van der Waals surface area contributed by atoms with Gasteiger partial charge in [-0.05, 0) is 62.5 Å². The van der Waals surface area contributed by atoms with E-state index in [1.165, 1.54) is 6.42 Å². The summed E-state index contributed by atoms with van der Waals surface area (Å²) in [6, 6.07) is 7.13. The Morgan fingerprint density at radius 2 is 1.88 bits per heavy atom. The minimum absolute atomic E-state index is 0.247. The summed E-state index contributed by atoms with van der Waals surface area (Å²) in [5.74, 6) is 0.977. The van der Waals surface area contributed by atoms with Gasteiger partial charge in [-0.3, -0.25) is 9.59 Å². The largest absolute Gasteiger partial charge is 0.495 e. The van der Waals surface area contributed by atoms with Crippen LogP contribution in [0, 0.1) is 17.3 Å². The molecule has 4 aliphatic carbocycles. The van der Waals surface area contributed by atoms with Gasteiger partial charge in [0.25, 0.3) is 5.91 Å². The molecule has 0 radical (unpaired) electrons. The number of methoxy groups -OCH3 is 1. The number of para-hydroxylation sites is 2. The minimum atomic E-state index is -0.490. The van der Waals surface area contributed by atoms with Crippen molar-refractivity contribution in [1.29, 1.82) is 0 Å². The Balaban J connectivity index is 1.37. The number of anilines is 1. The fourth-order valence-corrected chi connectivity index (χ4v) is 6.30.